The third-order valence-corrected chi connectivity index (χ3v) is 8.32. The number of halogens is 5. The standard InChI is InChI=1S/C29H34F5N3O2/c1-17-9-21-20-5-2-3-6-25(20)35-27(21)28(37(17)15-29(33,34)16-39)26-23(31)10-18(11-24(26)32)22(14-38)19-12-36(13-19)8-4-7-30/h2-3,5-6,10-11,17,19,22,28,35,38-39H,4,7-9,12-16H2,1H3/t17-,22?,28-/m1/s1. The molecule has 10 heteroatoms. The quantitative estimate of drug-likeness (QED) is 0.318. The van der Waals surface area contributed by atoms with E-state index in [1.807, 2.05) is 29.2 Å². The Kier molecular flexibility index (Phi) is 8.01. The summed E-state index contributed by atoms with van der Waals surface area (Å²) in [7, 11) is 0. The Labute approximate surface area is 224 Å². The summed E-state index contributed by atoms with van der Waals surface area (Å²) < 4.78 is 73.4. The summed E-state index contributed by atoms with van der Waals surface area (Å²) in [6, 6.07) is 8.14. The lowest BCUT2D eigenvalue weighted by atomic mass is 9.80. The highest BCUT2D eigenvalue weighted by atomic mass is 19.3. The number of aromatic nitrogens is 1. The van der Waals surface area contributed by atoms with E-state index in [0.29, 0.717) is 43.7 Å². The number of para-hydroxylation sites is 1. The van der Waals surface area contributed by atoms with Crippen molar-refractivity contribution in [3.8, 4) is 0 Å². The molecule has 5 rings (SSSR count). The molecular weight excluding hydrogens is 517 g/mol. The fourth-order valence-electron chi connectivity index (χ4n) is 6.32. The fourth-order valence-corrected chi connectivity index (χ4v) is 6.32. The van der Waals surface area contributed by atoms with E-state index < -0.39 is 55.4 Å². The van der Waals surface area contributed by atoms with Gasteiger partial charge in [-0.15, -0.1) is 0 Å². The predicted molar refractivity (Wildman–Crippen MR) is 139 cm³/mol. The second-order valence-corrected chi connectivity index (χ2v) is 11.0. The zero-order valence-corrected chi connectivity index (χ0v) is 21.8. The molecule has 5 nitrogen and oxygen atoms in total. The first-order chi connectivity index (χ1) is 18.7. The van der Waals surface area contributed by atoms with Crippen molar-refractivity contribution < 1.29 is 32.2 Å². The van der Waals surface area contributed by atoms with E-state index in [9.17, 15) is 23.4 Å². The average molecular weight is 552 g/mol. The van der Waals surface area contributed by atoms with Crippen LogP contribution in [-0.4, -0.2) is 83.0 Å². The Morgan fingerprint density at radius 1 is 1.10 bits per heavy atom. The maximum absolute atomic E-state index is 15.9. The number of nitrogens with one attached hydrogen (secondary N) is 1. The summed E-state index contributed by atoms with van der Waals surface area (Å²) in [5.74, 6) is -5.76. The van der Waals surface area contributed by atoms with E-state index in [-0.39, 0.29) is 18.1 Å². The molecule has 212 valence electrons. The van der Waals surface area contributed by atoms with Gasteiger partial charge in [-0.25, -0.2) is 17.6 Å². The molecule has 2 aliphatic heterocycles. The van der Waals surface area contributed by atoms with Gasteiger partial charge in [0.15, 0.2) is 0 Å². The van der Waals surface area contributed by atoms with Crippen molar-refractivity contribution in [3.05, 3.63) is 70.4 Å². The highest BCUT2D eigenvalue weighted by Gasteiger charge is 2.44. The fraction of sp³-hybridized carbons (Fsp3) is 0.517. The van der Waals surface area contributed by atoms with Crippen LogP contribution in [0.25, 0.3) is 10.9 Å². The predicted octanol–water partition coefficient (Wildman–Crippen LogP) is 4.78. The number of benzene rings is 2. The molecule has 3 N–H and O–H groups in total. The van der Waals surface area contributed by atoms with Gasteiger partial charge in [-0.2, -0.15) is 0 Å². The maximum Gasteiger partial charge on any atom is 0.283 e. The molecule has 0 saturated carbocycles. The van der Waals surface area contributed by atoms with Gasteiger partial charge >= 0.3 is 0 Å². The van der Waals surface area contributed by atoms with Crippen LogP contribution < -0.4 is 0 Å². The van der Waals surface area contributed by atoms with Crippen molar-refractivity contribution in [2.75, 3.05) is 46.1 Å². The van der Waals surface area contributed by atoms with Gasteiger partial charge in [0.25, 0.3) is 5.92 Å². The third-order valence-electron chi connectivity index (χ3n) is 8.32. The van der Waals surface area contributed by atoms with Crippen LogP contribution in [0.5, 0.6) is 0 Å². The minimum Gasteiger partial charge on any atom is -0.396 e. The number of likely N-dealkylation sites (tertiary alicyclic amines) is 1. The summed E-state index contributed by atoms with van der Waals surface area (Å²) >= 11 is 0. The number of H-pyrrole nitrogens is 1. The summed E-state index contributed by atoms with van der Waals surface area (Å²) in [6.07, 6.45) is 0.807. The van der Waals surface area contributed by atoms with Gasteiger partial charge in [-0.05, 0) is 55.0 Å². The molecule has 1 aromatic heterocycles. The smallest absolute Gasteiger partial charge is 0.283 e. The van der Waals surface area contributed by atoms with Crippen LogP contribution >= 0.6 is 0 Å². The number of alkyl halides is 3. The van der Waals surface area contributed by atoms with E-state index in [4.69, 9.17) is 0 Å². The summed E-state index contributed by atoms with van der Waals surface area (Å²) in [4.78, 5) is 6.62. The maximum atomic E-state index is 15.9. The molecule has 0 radical (unpaired) electrons. The van der Waals surface area contributed by atoms with Crippen LogP contribution in [0.1, 0.15) is 47.7 Å². The van der Waals surface area contributed by atoms with Gasteiger partial charge in [0.2, 0.25) is 0 Å². The monoisotopic (exact) mass is 551 g/mol. The second kappa shape index (κ2) is 11.2. The number of hydrogen-bond donors (Lipinski definition) is 3. The van der Waals surface area contributed by atoms with Gasteiger partial charge in [0, 0.05) is 53.8 Å². The van der Waals surface area contributed by atoms with E-state index in [1.54, 1.807) is 6.92 Å². The molecule has 3 atom stereocenters. The van der Waals surface area contributed by atoms with Crippen molar-refractivity contribution in [3.63, 3.8) is 0 Å². The van der Waals surface area contributed by atoms with Crippen LogP contribution in [0.4, 0.5) is 22.0 Å². The van der Waals surface area contributed by atoms with Gasteiger partial charge in [-0.1, -0.05) is 18.2 Å². The average Bonchev–Trinajstić information content (AvgIpc) is 3.24. The van der Waals surface area contributed by atoms with Gasteiger partial charge < -0.3 is 20.1 Å². The SMILES string of the molecule is C[C@@H]1Cc2c([nH]c3ccccc23)[C@@H](c2c(F)cc(C(CO)C3CN(CCCF)C3)cc2F)N1CC(F)(F)CO. The number of hydrogen-bond acceptors (Lipinski definition) is 4. The summed E-state index contributed by atoms with van der Waals surface area (Å²) in [5.41, 5.74) is 1.98. The van der Waals surface area contributed by atoms with Crippen LogP contribution in [0, 0.1) is 17.6 Å². The summed E-state index contributed by atoms with van der Waals surface area (Å²) in [6.45, 7) is 0.548. The number of aliphatic hydroxyl groups is 2. The molecular formula is C29H34F5N3O2. The molecule has 3 heterocycles. The lowest BCUT2D eigenvalue weighted by molar-refractivity contribution is -0.0869. The van der Waals surface area contributed by atoms with Crippen LogP contribution in [0.2, 0.25) is 0 Å². The van der Waals surface area contributed by atoms with Crippen molar-refractivity contribution >= 4 is 10.9 Å². The Morgan fingerprint density at radius 2 is 1.79 bits per heavy atom. The molecule has 1 fully saturated rings. The topological polar surface area (TPSA) is 62.7 Å². The molecule has 0 bridgehead atoms. The van der Waals surface area contributed by atoms with Crippen LogP contribution in [-0.2, 0) is 6.42 Å². The van der Waals surface area contributed by atoms with Gasteiger partial charge in [-0.3, -0.25) is 9.29 Å². The largest absolute Gasteiger partial charge is 0.396 e. The molecule has 2 aliphatic rings. The van der Waals surface area contributed by atoms with E-state index in [2.05, 4.69) is 4.98 Å². The first-order valence-corrected chi connectivity index (χ1v) is 13.4. The number of fused-ring (bicyclic) bond motifs is 3. The van der Waals surface area contributed by atoms with Crippen molar-refractivity contribution in [1.82, 2.24) is 14.8 Å². The van der Waals surface area contributed by atoms with Gasteiger partial charge in [0.1, 0.15) is 18.2 Å². The number of aliphatic hydroxyl groups excluding tert-OH is 2. The lowest BCUT2D eigenvalue weighted by Crippen LogP contribution is -2.50. The molecule has 3 aromatic rings. The zero-order chi connectivity index (χ0) is 27.9. The Bertz CT molecular complexity index is 1290. The minimum atomic E-state index is -3.47. The molecule has 1 saturated heterocycles. The van der Waals surface area contributed by atoms with Crippen LogP contribution in [0.15, 0.2) is 36.4 Å². The highest BCUT2D eigenvalue weighted by molar-refractivity contribution is 5.85. The Hall–Kier alpha value is -2.53. The Morgan fingerprint density at radius 3 is 2.44 bits per heavy atom. The van der Waals surface area contributed by atoms with E-state index in [0.717, 1.165) is 16.5 Å². The first-order valence-electron chi connectivity index (χ1n) is 13.4. The normalized spacial score (nSPS) is 21.7. The molecule has 1 unspecified atom stereocenters. The molecule has 0 amide bonds. The van der Waals surface area contributed by atoms with E-state index >= 15 is 8.78 Å². The molecule has 0 spiro atoms. The first kappa shape index (κ1) is 28.0. The molecule has 0 aliphatic carbocycles. The van der Waals surface area contributed by atoms with Crippen molar-refractivity contribution in [1.29, 1.82) is 0 Å². The van der Waals surface area contributed by atoms with Crippen LogP contribution in [0.3, 0.4) is 0 Å². The summed E-state index contributed by atoms with van der Waals surface area (Å²) in [5, 5.41) is 20.2. The molecule has 39 heavy (non-hydrogen) atoms. The van der Waals surface area contributed by atoms with Crippen molar-refractivity contribution in [2.24, 2.45) is 5.92 Å². The lowest BCUT2D eigenvalue weighted by Gasteiger charge is -2.44. The number of rotatable bonds is 10. The third kappa shape index (κ3) is 5.31. The second-order valence-electron chi connectivity index (χ2n) is 11.0. The zero-order valence-electron chi connectivity index (χ0n) is 21.8. The molecule has 2 aromatic carbocycles. The minimum absolute atomic E-state index is 0.0333. The highest BCUT2D eigenvalue weighted by Crippen LogP contribution is 2.44. The number of aromatic amines is 1. The van der Waals surface area contributed by atoms with Gasteiger partial charge in [0.05, 0.1) is 25.9 Å². The number of nitrogens with zero attached hydrogens (tertiary/aromatic N) is 2. The Balaban J connectivity index is 1.54. The van der Waals surface area contributed by atoms with E-state index in [1.165, 1.54) is 17.0 Å². The van der Waals surface area contributed by atoms with Crippen molar-refractivity contribution in [2.45, 2.75) is 43.7 Å².